The monoisotopic (exact) mass is 163 g/mol. The predicted molar refractivity (Wildman–Crippen MR) is 45.2 cm³/mol. The average molecular weight is 163 g/mol. The summed E-state index contributed by atoms with van der Waals surface area (Å²) in [6.07, 6.45) is 5.17. The number of nitrogens with zero attached hydrogens (tertiary/aromatic N) is 3. The number of imidazole rings is 1. The van der Waals surface area contributed by atoms with Gasteiger partial charge in [-0.1, -0.05) is 0 Å². The molecule has 0 saturated heterocycles. The lowest BCUT2D eigenvalue weighted by atomic mass is 10.3. The minimum Gasteiger partial charge on any atom is -0.396 e. The first kappa shape index (κ1) is 6.90. The molecule has 12 heavy (non-hydrogen) atoms. The highest BCUT2D eigenvalue weighted by Gasteiger charge is 2.05. The van der Waals surface area contributed by atoms with Gasteiger partial charge in [-0.05, 0) is 0 Å². The van der Waals surface area contributed by atoms with Gasteiger partial charge in [0, 0.05) is 13.2 Å². The van der Waals surface area contributed by atoms with E-state index in [-0.39, 0.29) is 0 Å². The molecule has 0 aromatic carbocycles. The van der Waals surface area contributed by atoms with Crippen LogP contribution in [0.3, 0.4) is 0 Å². The van der Waals surface area contributed by atoms with Gasteiger partial charge in [-0.2, -0.15) is 5.10 Å². The number of aryl methyl sites for hydroxylation is 1. The van der Waals surface area contributed by atoms with Crippen LogP contribution in [-0.2, 0) is 7.05 Å². The summed E-state index contributed by atoms with van der Waals surface area (Å²) in [6, 6.07) is 0. The van der Waals surface area contributed by atoms with Gasteiger partial charge in [-0.15, -0.1) is 0 Å². The zero-order chi connectivity index (χ0) is 8.55. The van der Waals surface area contributed by atoms with E-state index >= 15 is 0 Å². The lowest BCUT2D eigenvalue weighted by molar-refractivity contribution is 0.913. The highest BCUT2D eigenvalue weighted by atomic mass is 15.1. The Morgan fingerprint density at radius 1 is 1.58 bits per heavy atom. The van der Waals surface area contributed by atoms with E-state index in [4.69, 9.17) is 5.73 Å². The molecule has 0 amide bonds. The smallest absolute Gasteiger partial charge is 0.108 e. The predicted octanol–water partition coefficient (Wildman–Crippen LogP) is 0.392. The van der Waals surface area contributed by atoms with Crippen LogP contribution in [0.15, 0.2) is 18.7 Å². The van der Waals surface area contributed by atoms with Crippen molar-refractivity contribution in [2.24, 2.45) is 7.05 Å². The van der Waals surface area contributed by atoms with Crippen molar-refractivity contribution in [3.8, 4) is 11.4 Å². The minimum absolute atomic E-state index is 0.619. The lowest BCUT2D eigenvalue weighted by Gasteiger charge is -1.90. The second kappa shape index (κ2) is 2.37. The Balaban J connectivity index is 2.50. The molecule has 0 aliphatic carbocycles. The number of aromatic amines is 1. The second-order valence-corrected chi connectivity index (χ2v) is 2.62. The van der Waals surface area contributed by atoms with E-state index in [0.29, 0.717) is 5.69 Å². The molecule has 0 atom stereocenters. The Hall–Kier alpha value is -1.78. The average Bonchev–Trinajstić information content (AvgIpc) is 2.58. The van der Waals surface area contributed by atoms with E-state index in [1.54, 1.807) is 12.5 Å². The molecule has 0 spiro atoms. The fraction of sp³-hybridized carbons (Fsp3) is 0.143. The minimum atomic E-state index is 0.619. The standard InChI is InChI=1S/C7H9N5/c1-12-3-6(9-4-12)7-5(8)2-10-11-7/h2-4H,8H2,1H3,(H,10,11). The van der Waals surface area contributed by atoms with E-state index in [1.807, 2.05) is 17.8 Å². The van der Waals surface area contributed by atoms with E-state index < -0.39 is 0 Å². The third-order valence-electron chi connectivity index (χ3n) is 1.63. The quantitative estimate of drug-likeness (QED) is 0.638. The summed E-state index contributed by atoms with van der Waals surface area (Å²) in [5, 5.41) is 6.59. The molecule has 0 radical (unpaired) electrons. The Labute approximate surface area is 69.2 Å². The Bertz CT molecular complexity index is 386. The maximum Gasteiger partial charge on any atom is 0.108 e. The number of aromatic nitrogens is 4. The molecule has 2 aromatic rings. The van der Waals surface area contributed by atoms with Crippen molar-refractivity contribution in [1.82, 2.24) is 19.7 Å². The second-order valence-electron chi connectivity index (χ2n) is 2.62. The van der Waals surface area contributed by atoms with Crippen LogP contribution in [0.2, 0.25) is 0 Å². The van der Waals surface area contributed by atoms with Gasteiger partial charge in [0.2, 0.25) is 0 Å². The normalized spacial score (nSPS) is 10.4. The van der Waals surface area contributed by atoms with Crippen LogP contribution in [0.4, 0.5) is 5.69 Å². The third kappa shape index (κ3) is 0.952. The van der Waals surface area contributed by atoms with Crippen LogP contribution in [-0.4, -0.2) is 19.7 Å². The zero-order valence-corrected chi connectivity index (χ0v) is 6.65. The van der Waals surface area contributed by atoms with Crippen molar-refractivity contribution in [3.05, 3.63) is 18.7 Å². The summed E-state index contributed by atoms with van der Waals surface area (Å²) in [5.74, 6) is 0. The largest absolute Gasteiger partial charge is 0.396 e. The molecule has 0 unspecified atom stereocenters. The van der Waals surface area contributed by atoms with Crippen LogP contribution in [0.1, 0.15) is 0 Å². The molecule has 0 aliphatic heterocycles. The van der Waals surface area contributed by atoms with Gasteiger partial charge < -0.3 is 10.3 Å². The molecule has 2 rings (SSSR count). The summed E-state index contributed by atoms with van der Waals surface area (Å²) in [6.45, 7) is 0. The highest BCUT2D eigenvalue weighted by molar-refractivity contribution is 5.68. The molecule has 0 fully saturated rings. The molecule has 0 aliphatic rings. The first-order valence-corrected chi connectivity index (χ1v) is 3.54. The first-order valence-electron chi connectivity index (χ1n) is 3.54. The van der Waals surface area contributed by atoms with Crippen LogP contribution in [0.25, 0.3) is 11.4 Å². The fourth-order valence-corrected chi connectivity index (χ4v) is 1.04. The van der Waals surface area contributed by atoms with Crippen LogP contribution in [0.5, 0.6) is 0 Å². The Morgan fingerprint density at radius 3 is 2.92 bits per heavy atom. The van der Waals surface area contributed by atoms with Crippen LogP contribution in [0, 0.1) is 0 Å². The van der Waals surface area contributed by atoms with Crippen molar-refractivity contribution in [1.29, 1.82) is 0 Å². The van der Waals surface area contributed by atoms with E-state index in [0.717, 1.165) is 11.4 Å². The molecule has 5 nitrogen and oxygen atoms in total. The number of rotatable bonds is 1. The van der Waals surface area contributed by atoms with Crippen molar-refractivity contribution in [2.75, 3.05) is 5.73 Å². The summed E-state index contributed by atoms with van der Waals surface area (Å²) in [5.41, 5.74) is 7.84. The van der Waals surface area contributed by atoms with Gasteiger partial charge >= 0.3 is 0 Å². The Morgan fingerprint density at radius 2 is 2.42 bits per heavy atom. The molecule has 2 heterocycles. The number of H-pyrrole nitrogens is 1. The van der Waals surface area contributed by atoms with E-state index in [1.165, 1.54) is 0 Å². The molecule has 3 N–H and O–H groups in total. The maximum absolute atomic E-state index is 5.64. The van der Waals surface area contributed by atoms with Crippen LogP contribution >= 0.6 is 0 Å². The zero-order valence-electron chi connectivity index (χ0n) is 6.65. The van der Waals surface area contributed by atoms with Gasteiger partial charge in [0.05, 0.1) is 18.2 Å². The highest BCUT2D eigenvalue weighted by Crippen LogP contribution is 2.19. The number of nitrogens with one attached hydrogen (secondary N) is 1. The number of nitrogens with two attached hydrogens (primary N) is 1. The van der Waals surface area contributed by atoms with Crippen molar-refractivity contribution >= 4 is 5.69 Å². The van der Waals surface area contributed by atoms with Gasteiger partial charge in [-0.25, -0.2) is 4.98 Å². The van der Waals surface area contributed by atoms with E-state index in [2.05, 4.69) is 15.2 Å². The summed E-state index contributed by atoms with van der Waals surface area (Å²) in [4.78, 5) is 4.13. The van der Waals surface area contributed by atoms with Gasteiger partial charge in [0.15, 0.2) is 0 Å². The molecule has 5 heteroatoms. The molecule has 62 valence electrons. The topological polar surface area (TPSA) is 72.5 Å². The lowest BCUT2D eigenvalue weighted by Crippen LogP contribution is -1.86. The number of nitrogen functional groups attached to an aromatic ring is 1. The first-order chi connectivity index (χ1) is 5.77. The summed E-state index contributed by atoms with van der Waals surface area (Å²) < 4.78 is 1.86. The molecule has 0 saturated carbocycles. The molecule has 2 aromatic heterocycles. The fourth-order valence-electron chi connectivity index (χ4n) is 1.04. The maximum atomic E-state index is 5.64. The van der Waals surface area contributed by atoms with Crippen LogP contribution < -0.4 is 5.73 Å². The summed E-state index contributed by atoms with van der Waals surface area (Å²) in [7, 11) is 1.91. The summed E-state index contributed by atoms with van der Waals surface area (Å²) >= 11 is 0. The number of hydrogen-bond donors (Lipinski definition) is 2. The Kier molecular flexibility index (Phi) is 1.36. The molecular formula is C7H9N5. The molecular weight excluding hydrogens is 154 g/mol. The van der Waals surface area contributed by atoms with Gasteiger partial charge in [0.1, 0.15) is 11.4 Å². The van der Waals surface area contributed by atoms with Crippen molar-refractivity contribution in [2.45, 2.75) is 0 Å². The van der Waals surface area contributed by atoms with Crippen molar-refractivity contribution in [3.63, 3.8) is 0 Å². The van der Waals surface area contributed by atoms with E-state index in [9.17, 15) is 0 Å². The number of hydrogen-bond acceptors (Lipinski definition) is 3. The molecule has 0 bridgehead atoms. The SMILES string of the molecule is Cn1cnc(-c2[nH]ncc2N)c1. The third-order valence-corrected chi connectivity index (χ3v) is 1.63. The van der Waals surface area contributed by atoms with Crippen molar-refractivity contribution < 1.29 is 0 Å². The van der Waals surface area contributed by atoms with Gasteiger partial charge in [0.25, 0.3) is 0 Å². The van der Waals surface area contributed by atoms with Gasteiger partial charge in [-0.3, -0.25) is 5.10 Å². The number of anilines is 1.